The number of hydrogen-bond donors (Lipinski definition) is 2. The second kappa shape index (κ2) is 12.5. The van der Waals surface area contributed by atoms with Crippen molar-refractivity contribution in [2.75, 3.05) is 13.1 Å². The zero-order valence-corrected chi connectivity index (χ0v) is 19.6. The van der Waals surface area contributed by atoms with Gasteiger partial charge in [-0.3, -0.25) is 9.59 Å². The van der Waals surface area contributed by atoms with E-state index in [1.54, 1.807) is 45.0 Å². The maximum absolute atomic E-state index is 13.2. The van der Waals surface area contributed by atoms with Gasteiger partial charge in [0.15, 0.2) is 0 Å². The summed E-state index contributed by atoms with van der Waals surface area (Å²) >= 11 is 0. The van der Waals surface area contributed by atoms with Crippen LogP contribution in [0.15, 0.2) is 30.8 Å². The standard InChI is InChI=1S/C24H34N4O4/c1-7-9-14-26-21(29)20(19-12-10-11-18(8-2)16-19)28(15-13-25)22(30)17(3)27-23(31)32-24(4,5)6/h8,10-12,16-17,20H,2,7,9,14-15H2,1,3-6H3,(H,26,29)(H,27,31). The number of amides is 3. The van der Waals surface area contributed by atoms with Gasteiger partial charge in [-0.1, -0.05) is 44.2 Å². The van der Waals surface area contributed by atoms with Gasteiger partial charge in [0.05, 0.1) is 6.07 Å². The Bertz CT molecular complexity index is 854. The van der Waals surface area contributed by atoms with Crippen LogP contribution in [0.3, 0.4) is 0 Å². The molecule has 8 nitrogen and oxygen atoms in total. The van der Waals surface area contributed by atoms with E-state index in [9.17, 15) is 19.6 Å². The second-order valence-electron chi connectivity index (χ2n) is 8.41. The van der Waals surface area contributed by atoms with Crippen molar-refractivity contribution in [3.05, 3.63) is 42.0 Å². The summed E-state index contributed by atoms with van der Waals surface area (Å²) in [6.45, 7) is 12.5. The quantitative estimate of drug-likeness (QED) is 0.425. The highest BCUT2D eigenvalue weighted by molar-refractivity contribution is 5.92. The zero-order chi connectivity index (χ0) is 24.3. The molecule has 3 amide bonds. The molecular formula is C24H34N4O4. The lowest BCUT2D eigenvalue weighted by Crippen LogP contribution is -2.52. The SMILES string of the molecule is C=Cc1cccc(C(C(=O)NCCCC)N(CC#N)C(=O)C(C)NC(=O)OC(C)(C)C)c1. The molecular weight excluding hydrogens is 408 g/mol. The summed E-state index contributed by atoms with van der Waals surface area (Å²) in [5.74, 6) is -0.968. The van der Waals surface area contributed by atoms with Crippen molar-refractivity contribution in [3.8, 4) is 6.07 Å². The first-order valence-corrected chi connectivity index (χ1v) is 10.7. The first kappa shape index (κ1) is 26.7. The van der Waals surface area contributed by atoms with E-state index in [1.165, 1.54) is 11.8 Å². The Kier molecular flexibility index (Phi) is 10.4. The van der Waals surface area contributed by atoms with Gasteiger partial charge in [0.2, 0.25) is 11.8 Å². The van der Waals surface area contributed by atoms with Crippen LogP contribution in [0.4, 0.5) is 4.79 Å². The Balaban J connectivity index is 3.25. The molecule has 0 aliphatic rings. The molecule has 0 radical (unpaired) electrons. The van der Waals surface area contributed by atoms with Crippen molar-refractivity contribution in [2.24, 2.45) is 0 Å². The number of nitrogens with zero attached hydrogens (tertiary/aromatic N) is 2. The van der Waals surface area contributed by atoms with E-state index in [2.05, 4.69) is 17.2 Å². The van der Waals surface area contributed by atoms with Crippen LogP contribution in [0.1, 0.15) is 64.6 Å². The number of carbonyl (C=O) groups excluding carboxylic acids is 3. The molecule has 2 N–H and O–H groups in total. The Morgan fingerprint density at radius 1 is 1.31 bits per heavy atom. The van der Waals surface area contributed by atoms with E-state index in [1.807, 2.05) is 19.1 Å². The van der Waals surface area contributed by atoms with Gasteiger partial charge in [0.25, 0.3) is 0 Å². The minimum Gasteiger partial charge on any atom is -0.444 e. The van der Waals surface area contributed by atoms with Crippen molar-refractivity contribution in [3.63, 3.8) is 0 Å². The molecule has 0 spiro atoms. The van der Waals surface area contributed by atoms with Crippen LogP contribution in [0, 0.1) is 11.3 Å². The van der Waals surface area contributed by atoms with Crippen molar-refractivity contribution in [2.45, 2.75) is 65.1 Å². The van der Waals surface area contributed by atoms with E-state index in [0.29, 0.717) is 12.1 Å². The third kappa shape index (κ3) is 8.42. The number of rotatable bonds is 10. The Hall–Kier alpha value is -3.34. The fraction of sp³-hybridized carbons (Fsp3) is 0.500. The summed E-state index contributed by atoms with van der Waals surface area (Å²) in [5.41, 5.74) is 0.592. The minimum absolute atomic E-state index is 0.330. The molecule has 1 aromatic carbocycles. The first-order chi connectivity index (χ1) is 15.0. The van der Waals surface area contributed by atoms with Gasteiger partial charge in [-0.25, -0.2) is 4.79 Å². The maximum atomic E-state index is 13.2. The molecule has 0 saturated carbocycles. The van der Waals surface area contributed by atoms with Gasteiger partial charge in [-0.05, 0) is 51.3 Å². The number of carbonyl (C=O) groups is 3. The highest BCUT2D eigenvalue weighted by Gasteiger charge is 2.34. The lowest BCUT2D eigenvalue weighted by molar-refractivity contribution is -0.141. The molecule has 0 aliphatic carbocycles. The molecule has 1 rings (SSSR count). The van der Waals surface area contributed by atoms with Gasteiger partial charge in [-0.2, -0.15) is 5.26 Å². The van der Waals surface area contributed by atoms with Crippen LogP contribution in [0.2, 0.25) is 0 Å². The van der Waals surface area contributed by atoms with Gasteiger partial charge in [0.1, 0.15) is 24.2 Å². The molecule has 32 heavy (non-hydrogen) atoms. The normalized spacial score (nSPS) is 12.6. The molecule has 0 aromatic heterocycles. The van der Waals surface area contributed by atoms with E-state index in [-0.39, 0.29) is 6.54 Å². The zero-order valence-electron chi connectivity index (χ0n) is 19.6. The summed E-state index contributed by atoms with van der Waals surface area (Å²) in [7, 11) is 0. The van der Waals surface area contributed by atoms with Gasteiger partial charge in [-0.15, -0.1) is 0 Å². The van der Waals surface area contributed by atoms with Crippen LogP contribution >= 0.6 is 0 Å². The molecule has 174 valence electrons. The second-order valence-corrected chi connectivity index (χ2v) is 8.41. The third-order valence-corrected chi connectivity index (χ3v) is 4.48. The predicted molar refractivity (Wildman–Crippen MR) is 123 cm³/mol. The van der Waals surface area contributed by atoms with Crippen LogP contribution in [-0.2, 0) is 14.3 Å². The van der Waals surface area contributed by atoms with E-state index < -0.39 is 35.6 Å². The fourth-order valence-corrected chi connectivity index (χ4v) is 2.98. The van der Waals surface area contributed by atoms with Crippen molar-refractivity contribution >= 4 is 24.0 Å². The predicted octanol–water partition coefficient (Wildman–Crippen LogP) is 3.55. The van der Waals surface area contributed by atoms with Crippen LogP contribution in [0.5, 0.6) is 0 Å². The Morgan fingerprint density at radius 3 is 2.56 bits per heavy atom. The number of benzene rings is 1. The molecule has 2 atom stereocenters. The summed E-state index contributed by atoms with van der Waals surface area (Å²) in [6, 6.07) is 6.97. The van der Waals surface area contributed by atoms with Crippen LogP contribution in [-0.4, -0.2) is 47.5 Å². The minimum atomic E-state index is -1.04. The van der Waals surface area contributed by atoms with Gasteiger partial charge < -0.3 is 20.3 Å². The van der Waals surface area contributed by atoms with E-state index in [0.717, 1.165) is 18.4 Å². The number of nitrogens with one attached hydrogen (secondary N) is 2. The number of hydrogen-bond acceptors (Lipinski definition) is 5. The lowest BCUT2D eigenvalue weighted by atomic mass is 10.0. The van der Waals surface area contributed by atoms with Crippen LogP contribution in [0.25, 0.3) is 6.08 Å². The van der Waals surface area contributed by atoms with Crippen LogP contribution < -0.4 is 10.6 Å². The van der Waals surface area contributed by atoms with E-state index in [4.69, 9.17) is 4.74 Å². The average molecular weight is 443 g/mol. The highest BCUT2D eigenvalue weighted by Crippen LogP contribution is 2.24. The fourth-order valence-electron chi connectivity index (χ4n) is 2.98. The van der Waals surface area contributed by atoms with Crippen molar-refractivity contribution in [1.82, 2.24) is 15.5 Å². The number of unbranched alkanes of at least 4 members (excludes halogenated alkanes) is 1. The molecule has 1 aromatic rings. The number of ether oxygens (including phenoxy) is 1. The maximum Gasteiger partial charge on any atom is 0.408 e. The Morgan fingerprint density at radius 2 is 2.00 bits per heavy atom. The molecule has 0 fully saturated rings. The lowest BCUT2D eigenvalue weighted by Gasteiger charge is -2.32. The monoisotopic (exact) mass is 442 g/mol. The van der Waals surface area contributed by atoms with Gasteiger partial charge >= 0.3 is 6.09 Å². The summed E-state index contributed by atoms with van der Waals surface area (Å²) in [5, 5.41) is 14.7. The Labute approximate surface area is 190 Å². The molecule has 0 bridgehead atoms. The highest BCUT2D eigenvalue weighted by atomic mass is 16.6. The molecule has 0 saturated heterocycles. The summed E-state index contributed by atoms with van der Waals surface area (Å²) in [6.07, 6.45) is 2.56. The topological polar surface area (TPSA) is 112 Å². The smallest absolute Gasteiger partial charge is 0.408 e. The largest absolute Gasteiger partial charge is 0.444 e. The molecule has 8 heteroatoms. The summed E-state index contributed by atoms with van der Waals surface area (Å²) < 4.78 is 5.21. The molecule has 0 aliphatic heterocycles. The number of nitriles is 1. The van der Waals surface area contributed by atoms with E-state index >= 15 is 0 Å². The van der Waals surface area contributed by atoms with Gasteiger partial charge in [0, 0.05) is 6.54 Å². The van der Waals surface area contributed by atoms with Crippen molar-refractivity contribution < 1.29 is 19.1 Å². The molecule has 2 unspecified atom stereocenters. The number of alkyl carbamates (subject to hydrolysis) is 1. The van der Waals surface area contributed by atoms with Crippen molar-refractivity contribution in [1.29, 1.82) is 5.26 Å². The summed E-state index contributed by atoms with van der Waals surface area (Å²) in [4.78, 5) is 39.7. The average Bonchev–Trinajstić information content (AvgIpc) is 2.71. The first-order valence-electron chi connectivity index (χ1n) is 10.7. The third-order valence-electron chi connectivity index (χ3n) is 4.48. The molecule has 0 heterocycles.